The Balaban J connectivity index is 1.79. The summed E-state index contributed by atoms with van der Waals surface area (Å²) in [5, 5.41) is 5.94. The molecule has 0 aromatic carbocycles. The fourth-order valence-corrected chi connectivity index (χ4v) is 5.77. The van der Waals surface area contributed by atoms with Crippen molar-refractivity contribution in [2.45, 2.75) is 51.5 Å². The predicted molar refractivity (Wildman–Crippen MR) is 97.7 cm³/mol. The molecule has 21 heavy (non-hydrogen) atoms. The lowest BCUT2D eigenvalue weighted by Gasteiger charge is -2.16. The second-order valence-electron chi connectivity index (χ2n) is 5.75. The predicted octanol–water partition coefficient (Wildman–Crippen LogP) is 5.73. The molecule has 1 unspecified atom stereocenters. The van der Waals surface area contributed by atoms with Gasteiger partial charge < -0.3 is 5.32 Å². The molecule has 1 atom stereocenters. The zero-order valence-corrected chi connectivity index (χ0v) is 15.7. The average Bonchev–Trinajstić information content (AvgIpc) is 3.09. The van der Waals surface area contributed by atoms with Gasteiger partial charge in [-0.15, -0.1) is 22.7 Å². The van der Waals surface area contributed by atoms with Crippen molar-refractivity contribution in [3.63, 3.8) is 0 Å². The largest absolute Gasteiger partial charge is 0.309 e. The van der Waals surface area contributed by atoms with Crippen molar-refractivity contribution >= 4 is 38.6 Å². The Hall–Kier alpha value is -0.160. The van der Waals surface area contributed by atoms with Crippen molar-refractivity contribution in [1.82, 2.24) is 5.32 Å². The summed E-state index contributed by atoms with van der Waals surface area (Å²) in [6.45, 7) is 3.34. The van der Waals surface area contributed by atoms with E-state index in [1.807, 2.05) is 11.3 Å². The normalized spacial score (nSPS) is 15.9. The van der Waals surface area contributed by atoms with Crippen LogP contribution in [-0.2, 0) is 19.3 Å². The van der Waals surface area contributed by atoms with E-state index in [4.69, 9.17) is 0 Å². The minimum Gasteiger partial charge on any atom is -0.309 e. The lowest BCUT2D eigenvalue weighted by atomic mass is 9.98. The number of aryl methyl sites for hydroxylation is 2. The summed E-state index contributed by atoms with van der Waals surface area (Å²) in [5.41, 5.74) is 1.62. The van der Waals surface area contributed by atoms with Gasteiger partial charge in [0.25, 0.3) is 0 Å². The van der Waals surface area contributed by atoms with Crippen molar-refractivity contribution in [2.24, 2.45) is 0 Å². The second-order valence-corrected chi connectivity index (χ2v) is 8.83. The maximum absolute atomic E-state index is 3.75. The van der Waals surface area contributed by atoms with E-state index in [0.717, 1.165) is 13.0 Å². The SMILES string of the molecule is CCCNC(Cc1cc(Br)cs1)c1cc2c(s1)CCCC2. The summed E-state index contributed by atoms with van der Waals surface area (Å²) in [7, 11) is 0. The topological polar surface area (TPSA) is 12.0 Å². The van der Waals surface area contributed by atoms with Crippen LogP contribution in [0.5, 0.6) is 0 Å². The second kappa shape index (κ2) is 7.40. The van der Waals surface area contributed by atoms with E-state index in [-0.39, 0.29) is 0 Å². The van der Waals surface area contributed by atoms with E-state index in [1.54, 1.807) is 15.3 Å². The number of halogens is 1. The summed E-state index contributed by atoms with van der Waals surface area (Å²) in [6.07, 6.45) is 7.62. The first-order valence-electron chi connectivity index (χ1n) is 7.84. The van der Waals surface area contributed by atoms with Gasteiger partial charge in [-0.2, -0.15) is 0 Å². The minimum absolute atomic E-state index is 0.478. The van der Waals surface area contributed by atoms with Crippen LogP contribution < -0.4 is 5.32 Å². The molecule has 2 aromatic heterocycles. The van der Waals surface area contributed by atoms with Gasteiger partial charge in [-0.3, -0.25) is 0 Å². The van der Waals surface area contributed by atoms with Crippen molar-refractivity contribution < 1.29 is 0 Å². The molecule has 1 aliphatic carbocycles. The van der Waals surface area contributed by atoms with Gasteiger partial charge in [0.15, 0.2) is 0 Å². The van der Waals surface area contributed by atoms with E-state index in [9.17, 15) is 0 Å². The van der Waals surface area contributed by atoms with Crippen molar-refractivity contribution in [1.29, 1.82) is 0 Å². The minimum atomic E-state index is 0.478. The van der Waals surface area contributed by atoms with Crippen LogP contribution in [0.2, 0.25) is 0 Å². The van der Waals surface area contributed by atoms with E-state index < -0.39 is 0 Å². The fourth-order valence-electron chi connectivity index (χ4n) is 2.94. The summed E-state index contributed by atoms with van der Waals surface area (Å²) in [4.78, 5) is 4.65. The molecule has 0 aliphatic heterocycles. The van der Waals surface area contributed by atoms with E-state index in [2.05, 4.69) is 57.0 Å². The third kappa shape index (κ3) is 3.98. The lowest BCUT2D eigenvalue weighted by Crippen LogP contribution is -2.23. The fraction of sp³-hybridized carbons (Fsp3) is 0.529. The molecule has 0 bridgehead atoms. The molecular formula is C17H22BrNS2. The lowest BCUT2D eigenvalue weighted by molar-refractivity contribution is 0.539. The Morgan fingerprint density at radius 2 is 2.14 bits per heavy atom. The first kappa shape index (κ1) is 15.7. The number of hydrogen-bond donors (Lipinski definition) is 1. The van der Waals surface area contributed by atoms with Gasteiger partial charge in [-0.05, 0) is 72.3 Å². The highest BCUT2D eigenvalue weighted by atomic mass is 79.9. The molecule has 1 N–H and O–H groups in total. The maximum atomic E-state index is 3.75. The molecule has 0 amide bonds. The van der Waals surface area contributed by atoms with Gasteiger partial charge in [0.1, 0.15) is 0 Å². The molecule has 2 heterocycles. The van der Waals surface area contributed by atoms with Gasteiger partial charge in [0.2, 0.25) is 0 Å². The van der Waals surface area contributed by atoms with Crippen LogP contribution in [0.15, 0.2) is 22.0 Å². The maximum Gasteiger partial charge on any atom is 0.0463 e. The summed E-state index contributed by atoms with van der Waals surface area (Å²) in [6, 6.07) is 5.22. The number of thiophene rings is 2. The van der Waals surface area contributed by atoms with Gasteiger partial charge >= 0.3 is 0 Å². The van der Waals surface area contributed by atoms with Crippen molar-refractivity contribution in [3.05, 3.63) is 42.2 Å². The molecule has 0 saturated carbocycles. The molecule has 4 heteroatoms. The quantitative estimate of drug-likeness (QED) is 0.670. The summed E-state index contributed by atoms with van der Waals surface area (Å²) >= 11 is 7.48. The van der Waals surface area contributed by atoms with Crippen LogP contribution in [0.1, 0.15) is 52.4 Å². The molecule has 0 radical (unpaired) electrons. The van der Waals surface area contributed by atoms with Gasteiger partial charge in [-0.25, -0.2) is 0 Å². The highest BCUT2D eigenvalue weighted by molar-refractivity contribution is 9.10. The standard InChI is InChI=1S/C17H22BrNS2/c1-2-7-19-15(10-14-9-13(18)11-20-14)17-8-12-5-3-4-6-16(12)21-17/h8-9,11,15,19H,2-7,10H2,1H3. The van der Waals surface area contributed by atoms with Crippen molar-refractivity contribution in [3.8, 4) is 0 Å². The molecule has 0 spiro atoms. The third-order valence-electron chi connectivity index (χ3n) is 4.03. The molecule has 0 fully saturated rings. The highest BCUT2D eigenvalue weighted by Gasteiger charge is 2.19. The Morgan fingerprint density at radius 3 is 2.86 bits per heavy atom. The van der Waals surface area contributed by atoms with Gasteiger partial charge in [0, 0.05) is 36.9 Å². The molecule has 3 rings (SSSR count). The zero-order valence-electron chi connectivity index (χ0n) is 12.5. The van der Waals surface area contributed by atoms with Gasteiger partial charge in [0.05, 0.1) is 0 Å². The monoisotopic (exact) mass is 383 g/mol. The number of fused-ring (bicyclic) bond motifs is 1. The van der Waals surface area contributed by atoms with Crippen LogP contribution in [-0.4, -0.2) is 6.54 Å². The number of nitrogens with one attached hydrogen (secondary N) is 1. The Kier molecular flexibility index (Phi) is 5.54. The number of rotatable bonds is 6. The van der Waals surface area contributed by atoms with E-state index >= 15 is 0 Å². The Bertz CT molecular complexity index is 564. The summed E-state index contributed by atoms with van der Waals surface area (Å²) < 4.78 is 1.21. The van der Waals surface area contributed by atoms with E-state index in [1.165, 1.54) is 41.5 Å². The van der Waals surface area contributed by atoms with Crippen LogP contribution in [0.4, 0.5) is 0 Å². The highest BCUT2D eigenvalue weighted by Crippen LogP contribution is 2.35. The van der Waals surface area contributed by atoms with Gasteiger partial charge in [-0.1, -0.05) is 6.92 Å². The number of hydrogen-bond acceptors (Lipinski definition) is 3. The van der Waals surface area contributed by atoms with Crippen LogP contribution in [0.25, 0.3) is 0 Å². The Morgan fingerprint density at radius 1 is 1.29 bits per heavy atom. The first-order chi connectivity index (χ1) is 10.3. The first-order valence-corrected chi connectivity index (χ1v) is 10.3. The van der Waals surface area contributed by atoms with Crippen LogP contribution >= 0.6 is 38.6 Å². The van der Waals surface area contributed by atoms with E-state index in [0.29, 0.717) is 6.04 Å². The summed E-state index contributed by atoms with van der Waals surface area (Å²) in [5.74, 6) is 0. The molecule has 0 saturated heterocycles. The third-order valence-corrected chi connectivity index (χ3v) is 7.10. The van der Waals surface area contributed by atoms with Crippen molar-refractivity contribution in [2.75, 3.05) is 6.54 Å². The smallest absolute Gasteiger partial charge is 0.0463 e. The molecule has 1 nitrogen and oxygen atoms in total. The molecule has 2 aromatic rings. The molecule has 114 valence electrons. The molecular weight excluding hydrogens is 362 g/mol. The molecule has 1 aliphatic rings. The Labute approximate surface area is 143 Å². The average molecular weight is 384 g/mol. The zero-order chi connectivity index (χ0) is 14.7. The van der Waals surface area contributed by atoms with Crippen LogP contribution in [0, 0.1) is 0 Å². The van der Waals surface area contributed by atoms with Crippen LogP contribution in [0.3, 0.4) is 0 Å².